The molecule has 30 heavy (non-hydrogen) atoms. The molecule has 0 aliphatic carbocycles. The summed E-state index contributed by atoms with van der Waals surface area (Å²) in [5.41, 5.74) is 3.23. The number of carbonyl (C=O) groups excluding carboxylic acids is 1. The summed E-state index contributed by atoms with van der Waals surface area (Å²) in [5, 5.41) is 2.68. The third-order valence-electron chi connectivity index (χ3n) is 4.61. The fraction of sp³-hybridized carbons (Fsp3) is 0.136. The second kappa shape index (κ2) is 8.85. The van der Waals surface area contributed by atoms with Crippen molar-refractivity contribution in [2.45, 2.75) is 25.3 Å². The van der Waals surface area contributed by atoms with E-state index in [0.29, 0.717) is 11.3 Å². The molecular weight excluding hydrogens is 427 g/mol. The van der Waals surface area contributed by atoms with Gasteiger partial charge in [-0.3, -0.25) is 9.52 Å². The molecule has 0 radical (unpaired) electrons. The standard InChI is InChI=1S/C22H20ClFN2O3S/c1-14-3-9-19(11-15(14)2)26-30(28,29)21-12-17(6-10-20(21)23)22(27)25-13-16-4-7-18(24)8-5-16/h3-12,26H,13H2,1-2H3,(H,25,27). The molecule has 156 valence electrons. The zero-order valence-electron chi connectivity index (χ0n) is 16.4. The number of hydrogen-bond donors (Lipinski definition) is 2. The van der Waals surface area contributed by atoms with E-state index in [1.54, 1.807) is 24.3 Å². The fourth-order valence-electron chi connectivity index (χ4n) is 2.75. The molecule has 3 aromatic rings. The maximum atomic E-state index is 13.0. The molecule has 0 aliphatic heterocycles. The Balaban J connectivity index is 1.80. The van der Waals surface area contributed by atoms with Crippen molar-refractivity contribution in [1.29, 1.82) is 0 Å². The molecule has 3 rings (SSSR count). The summed E-state index contributed by atoms with van der Waals surface area (Å²) in [7, 11) is -4.01. The third kappa shape index (κ3) is 5.17. The van der Waals surface area contributed by atoms with Gasteiger partial charge in [0, 0.05) is 17.8 Å². The van der Waals surface area contributed by atoms with Crippen LogP contribution in [-0.4, -0.2) is 14.3 Å². The molecule has 3 aromatic carbocycles. The Morgan fingerprint density at radius 3 is 2.33 bits per heavy atom. The van der Waals surface area contributed by atoms with Gasteiger partial charge in [-0.2, -0.15) is 0 Å². The predicted molar refractivity (Wildman–Crippen MR) is 116 cm³/mol. The first-order valence-electron chi connectivity index (χ1n) is 9.08. The molecule has 8 heteroatoms. The van der Waals surface area contributed by atoms with Crippen LogP contribution in [0.2, 0.25) is 5.02 Å². The fourth-order valence-corrected chi connectivity index (χ4v) is 4.33. The monoisotopic (exact) mass is 446 g/mol. The minimum absolute atomic E-state index is 0.00131. The summed E-state index contributed by atoms with van der Waals surface area (Å²) in [5.74, 6) is -0.840. The van der Waals surface area contributed by atoms with E-state index in [4.69, 9.17) is 11.6 Å². The summed E-state index contributed by atoms with van der Waals surface area (Å²) in [6, 6.07) is 14.9. The number of sulfonamides is 1. The summed E-state index contributed by atoms with van der Waals surface area (Å²) in [6.45, 7) is 3.98. The van der Waals surface area contributed by atoms with Gasteiger partial charge >= 0.3 is 0 Å². The zero-order valence-corrected chi connectivity index (χ0v) is 17.9. The topological polar surface area (TPSA) is 75.3 Å². The lowest BCUT2D eigenvalue weighted by atomic mass is 10.1. The van der Waals surface area contributed by atoms with E-state index in [-0.39, 0.29) is 27.8 Å². The Labute approximate surface area is 179 Å². The second-order valence-electron chi connectivity index (χ2n) is 6.86. The van der Waals surface area contributed by atoms with Gasteiger partial charge in [0.15, 0.2) is 0 Å². The van der Waals surface area contributed by atoms with Crippen molar-refractivity contribution in [1.82, 2.24) is 5.32 Å². The Bertz CT molecular complexity index is 1200. The van der Waals surface area contributed by atoms with Crippen molar-refractivity contribution in [3.63, 3.8) is 0 Å². The number of carbonyl (C=O) groups is 1. The van der Waals surface area contributed by atoms with E-state index < -0.39 is 15.9 Å². The summed E-state index contributed by atoms with van der Waals surface area (Å²) in [6.07, 6.45) is 0. The van der Waals surface area contributed by atoms with E-state index in [9.17, 15) is 17.6 Å². The van der Waals surface area contributed by atoms with Crippen LogP contribution in [0.4, 0.5) is 10.1 Å². The first-order chi connectivity index (χ1) is 14.2. The summed E-state index contributed by atoms with van der Waals surface area (Å²) in [4.78, 5) is 12.3. The number of hydrogen-bond acceptors (Lipinski definition) is 3. The Kier molecular flexibility index (Phi) is 6.43. The van der Waals surface area contributed by atoms with E-state index in [2.05, 4.69) is 10.0 Å². The van der Waals surface area contributed by atoms with Crippen molar-refractivity contribution in [3.05, 3.63) is 93.8 Å². The van der Waals surface area contributed by atoms with E-state index in [1.165, 1.54) is 30.3 Å². The number of rotatable bonds is 6. The van der Waals surface area contributed by atoms with Crippen LogP contribution in [0.1, 0.15) is 27.0 Å². The average molecular weight is 447 g/mol. The maximum absolute atomic E-state index is 13.0. The molecule has 5 nitrogen and oxygen atoms in total. The van der Waals surface area contributed by atoms with Gasteiger partial charge in [0.25, 0.3) is 15.9 Å². The van der Waals surface area contributed by atoms with Gasteiger partial charge in [-0.1, -0.05) is 29.8 Å². The van der Waals surface area contributed by atoms with Crippen LogP contribution in [0.3, 0.4) is 0 Å². The largest absolute Gasteiger partial charge is 0.348 e. The third-order valence-corrected chi connectivity index (χ3v) is 6.47. The summed E-state index contributed by atoms with van der Waals surface area (Å²) >= 11 is 6.11. The van der Waals surface area contributed by atoms with Crippen molar-refractivity contribution < 1.29 is 17.6 Å². The smallest absolute Gasteiger partial charge is 0.263 e. The molecule has 0 spiro atoms. The van der Waals surface area contributed by atoms with Gasteiger partial charge in [-0.15, -0.1) is 0 Å². The SMILES string of the molecule is Cc1ccc(NS(=O)(=O)c2cc(C(=O)NCc3ccc(F)cc3)ccc2Cl)cc1C. The van der Waals surface area contributed by atoms with Crippen LogP contribution in [0.25, 0.3) is 0 Å². The van der Waals surface area contributed by atoms with Crippen molar-refractivity contribution in [2.75, 3.05) is 4.72 Å². The molecule has 0 saturated carbocycles. The number of amides is 1. The molecule has 2 N–H and O–H groups in total. The van der Waals surface area contributed by atoms with Crippen molar-refractivity contribution >= 4 is 33.2 Å². The minimum Gasteiger partial charge on any atom is -0.348 e. The lowest BCUT2D eigenvalue weighted by molar-refractivity contribution is 0.0950. The van der Waals surface area contributed by atoms with Crippen molar-refractivity contribution in [3.8, 4) is 0 Å². The zero-order chi connectivity index (χ0) is 21.9. The van der Waals surface area contributed by atoms with E-state index in [0.717, 1.165) is 11.1 Å². The Morgan fingerprint density at radius 1 is 0.967 bits per heavy atom. The number of nitrogens with one attached hydrogen (secondary N) is 2. The first-order valence-corrected chi connectivity index (χ1v) is 10.9. The molecule has 0 fully saturated rings. The highest BCUT2D eigenvalue weighted by Crippen LogP contribution is 2.26. The highest BCUT2D eigenvalue weighted by Gasteiger charge is 2.20. The van der Waals surface area contributed by atoms with Gasteiger partial charge < -0.3 is 5.32 Å². The summed E-state index contributed by atoms with van der Waals surface area (Å²) < 4.78 is 41.2. The second-order valence-corrected chi connectivity index (χ2v) is 8.92. The lowest BCUT2D eigenvalue weighted by Gasteiger charge is -2.12. The molecule has 0 aliphatic rings. The average Bonchev–Trinajstić information content (AvgIpc) is 2.70. The Hall–Kier alpha value is -2.90. The van der Waals surface area contributed by atoms with Gasteiger partial charge in [0.2, 0.25) is 0 Å². The number of aryl methyl sites for hydroxylation is 2. The highest BCUT2D eigenvalue weighted by atomic mass is 35.5. The maximum Gasteiger partial charge on any atom is 0.263 e. The normalized spacial score (nSPS) is 11.2. The molecule has 0 heterocycles. The van der Waals surface area contributed by atoms with Gasteiger partial charge in [-0.05, 0) is 73.0 Å². The molecule has 0 atom stereocenters. The molecular formula is C22H20ClFN2O3S. The highest BCUT2D eigenvalue weighted by molar-refractivity contribution is 7.92. The van der Waals surface area contributed by atoms with Crippen LogP contribution in [0, 0.1) is 19.7 Å². The molecule has 0 saturated heterocycles. The molecule has 0 unspecified atom stereocenters. The van der Waals surface area contributed by atoms with Gasteiger partial charge in [0.05, 0.1) is 5.02 Å². The van der Waals surface area contributed by atoms with Gasteiger partial charge in [0.1, 0.15) is 10.7 Å². The molecule has 1 amide bonds. The van der Waals surface area contributed by atoms with Crippen LogP contribution < -0.4 is 10.0 Å². The first kappa shape index (κ1) is 21.8. The van der Waals surface area contributed by atoms with E-state index in [1.807, 2.05) is 19.9 Å². The number of anilines is 1. The van der Waals surface area contributed by atoms with Crippen molar-refractivity contribution in [2.24, 2.45) is 0 Å². The molecule has 0 bridgehead atoms. The van der Waals surface area contributed by atoms with Crippen LogP contribution in [0.5, 0.6) is 0 Å². The quantitative estimate of drug-likeness (QED) is 0.569. The Morgan fingerprint density at radius 2 is 1.67 bits per heavy atom. The predicted octanol–water partition coefficient (Wildman–Crippen LogP) is 4.83. The van der Waals surface area contributed by atoms with Crippen LogP contribution >= 0.6 is 11.6 Å². The minimum atomic E-state index is -4.01. The van der Waals surface area contributed by atoms with Gasteiger partial charge in [-0.25, -0.2) is 12.8 Å². The van der Waals surface area contributed by atoms with E-state index >= 15 is 0 Å². The van der Waals surface area contributed by atoms with Crippen LogP contribution in [0.15, 0.2) is 65.6 Å². The van der Waals surface area contributed by atoms with Crippen LogP contribution in [-0.2, 0) is 16.6 Å². The lowest BCUT2D eigenvalue weighted by Crippen LogP contribution is -2.23. The molecule has 0 aromatic heterocycles. The number of halogens is 2. The number of benzene rings is 3.